The zero-order chi connectivity index (χ0) is 25.9. The highest BCUT2D eigenvalue weighted by Crippen LogP contribution is 2.25. The number of benzene rings is 3. The third-order valence-electron chi connectivity index (χ3n) is 6.99. The molecule has 0 amide bonds. The van der Waals surface area contributed by atoms with Gasteiger partial charge in [0.1, 0.15) is 11.8 Å². The molecule has 5 rings (SSSR count). The number of halogens is 1. The summed E-state index contributed by atoms with van der Waals surface area (Å²) in [5.74, 6) is 0.140. The van der Waals surface area contributed by atoms with Crippen LogP contribution < -0.4 is 15.2 Å². The summed E-state index contributed by atoms with van der Waals surface area (Å²) >= 11 is 5.95. The van der Waals surface area contributed by atoms with Crippen LogP contribution in [0.25, 0.3) is 0 Å². The first-order valence-electron chi connectivity index (χ1n) is 12.5. The zero-order valence-electron chi connectivity index (χ0n) is 20.6. The summed E-state index contributed by atoms with van der Waals surface area (Å²) in [6, 6.07) is 21.3. The molecule has 0 radical (unpaired) electrons. The maximum atomic E-state index is 13.1. The number of rotatable bonds is 7. The fraction of sp³-hybridized carbons (Fsp3) is 0.286. The topological polar surface area (TPSA) is 85.1 Å². The van der Waals surface area contributed by atoms with Gasteiger partial charge < -0.3 is 20.1 Å². The Morgan fingerprint density at radius 3 is 2.05 bits per heavy atom. The Kier molecular flexibility index (Phi) is 7.21. The third kappa shape index (κ3) is 5.35. The van der Waals surface area contributed by atoms with Crippen molar-refractivity contribution in [3.63, 3.8) is 0 Å². The molecule has 3 aromatic rings. The van der Waals surface area contributed by atoms with Crippen molar-refractivity contribution >= 4 is 35.0 Å². The minimum Gasteiger partial charge on any atom is -0.595 e. The van der Waals surface area contributed by atoms with E-state index in [1.807, 2.05) is 31.2 Å². The van der Waals surface area contributed by atoms with Crippen LogP contribution in [0.15, 0.2) is 72.8 Å². The largest absolute Gasteiger partial charge is 0.595 e. The second-order valence-corrected chi connectivity index (χ2v) is 9.72. The molecule has 192 valence electrons. The molecular formula is C28H30ClN5O3. The van der Waals surface area contributed by atoms with Crippen molar-refractivity contribution in [1.82, 2.24) is 10.5 Å². The lowest BCUT2D eigenvalue weighted by Crippen LogP contribution is -2.49. The molecule has 2 unspecified atom stereocenters. The second kappa shape index (κ2) is 10.7. The molecule has 2 aliphatic rings. The zero-order valence-corrected chi connectivity index (χ0v) is 21.4. The van der Waals surface area contributed by atoms with E-state index >= 15 is 0 Å². The predicted molar refractivity (Wildman–Crippen MR) is 146 cm³/mol. The summed E-state index contributed by atoms with van der Waals surface area (Å²) in [6.07, 6.45) is 2.02. The molecule has 8 nitrogen and oxygen atoms in total. The Morgan fingerprint density at radius 2 is 1.51 bits per heavy atom. The predicted octanol–water partition coefficient (Wildman–Crippen LogP) is 4.39. The molecule has 2 atom stereocenters. The summed E-state index contributed by atoms with van der Waals surface area (Å²) in [7, 11) is 0. The van der Waals surface area contributed by atoms with Crippen molar-refractivity contribution < 1.29 is 14.7 Å². The van der Waals surface area contributed by atoms with Gasteiger partial charge in [-0.05, 0) is 72.6 Å². The van der Waals surface area contributed by atoms with Gasteiger partial charge in [0.15, 0.2) is 11.8 Å². The Morgan fingerprint density at radius 1 is 0.973 bits per heavy atom. The summed E-state index contributed by atoms with van der Waals surface area (Å²) < 4.78 is 0. The van der Waals surface area contributed by atoms with E-state index < -0.39 is 6.04 Å². The number of phenolic OH excluding ortho intramolecular Hbond substituents is 1. The number of aromatic hydroxyl groups is 1. The Hall–Kier alpha value is -3.75. The van der Waals surface area contributed by atoms with Crippen molar-refractivity contribution in [3.8, 4) is 5.75 Å². The maximum absolute atomic E-state index is 13.1. The van der Waals surface area contributed by atoms with Crippen molar-refractivity contribution in [2.75, 3.05) is 36.0 Å². The molecule has 2 heterocycles. The summed E-state index contributed by atoms with van der Waals surface area (Å²) in [6.45, 7) is 5.45. The molecule has 2 N–H and O–H groups in total. The van der Waals surface area contributed by atoms with Crippen LogP contribution in [-0.4, -0.2) is 59.3 Å². The number of nitrogens with zero attached hydrogens (tertiary/aromatic N) is 4. The molecule has 0 aliphatic carbocycles. The van der Waals surface area contributed by atoms with Crippen molar-refractivity contribution in [3.05, 3.63) is 94.2 Å². The van der Waals surface area contributed by atoms with Crippen LogP contribution in [0.2, 0.25) is 5.02 Å². The number of anilines is 2. The minimum atomic E-state index is -0.635. The van der Waals surface area contributed by atoms with Crippen molar-refractivity contribution in [2.24, 2.45) is 0 Å². The minimum absolute atomic E-state index is 0.136. The smallest absolute Gasteiger partial charge is 0.209 e. The molecule has 9 heteroatoms. The standard InChI is InChI=1S/C28H30ClN5O3/c1-2-27(28(36)21-3-7-22(29)8-4-21)34-30-26(19-33(34)37)20-5-9-23(10-6-20)31-15-17-32(18-16-31)24-11-13-25(35)14-12-24/h3-14,19,26-27,30,35H,2,15-18H2,1H3. The number of carbonyl (C=O) groups is 1. The average molecular weight is 520 g/mol. The maximum Gasteiger partial charge on any atom is 0.209 e. The molecule has 0 bridgehead atoms. The van der Waals surface area contributed by atoms with Crippen LogP contribution in [0.3, 0.4) is 0 Å². The first-order chi connectivity index (χ1) is 17.9. The fourth-order valence-corrected chi connectivity index (χ4v) is 5.00. The molecule has 0 saturated carbocycles. The fourth-order valence-electron chi connectivity index (χ4n) is 4.87. The molecular weight excluding hydrogens is 490 g/mol. The van der Waals surface area contributed by atoms with Crippen LogP contribution in [0.5, 0.6) is 5.75 Å². The molecule has 1 saturated heterocycles. The van der Waals surface area contributed by atoms with Gasteiger partial charge in [0.05, 0.1) is 0 Å². The van der Waals surface area contributed by atoms with Crippen LogP contribution in [0.1, 0.15) is 35.3 Å². The molecule has 37 heavy (non-hydrogen) atoms. The van der Waals surface area contributed by atoms with Crippen molar-refractivity contribution in [1.29, 1.82) is 0 Å². The van der Waals surface area contributed by atoms with E-state index in [4.69, 9.17) is 11.6 Å². The number of nitrogens with one attached hydrogen (secondary N) is 1. The number of piperazine rings is 1. The summed E-state index contributed by atoms with van der Waals surface area (Å²) in [5, 5.41) is 24.2. The SMILES string of the molecule is CCC(C(=O)c1ccc(Cl)cc1)N1NC(c2ccc(N3CCN(c4ccc(O)cc4)CC3)cc2)C=[N+]1[O-]. The van der Waals surface area contributed by atoms with E-state index in [2.05, 4.69) is 27.4 Å². The van der Waals surface area contributed by atoms with Gasteiger partial charge in [0.2, 0.25) is 6.21 Å². The molecule has 1 fully saturated rings. The van der Waals surface area contributed by atoms with Crippen molar-refractivity contribution in [2.45, 2.75) is 25.4 Å². The molecule has 0 spiro atoms. The normalized spacial score (nSPS) is 18.6. The number of phenols is 1. The highest BCUT2D eigenvalue weighted by atomic mass is 35.5. The number of carbonyl (C=O) groups excluding carboxylic acids is 1. The number of Topliss-reactive ketones (excluding diaryl/α,β-unsaturated/α-hetero) is 1. The van der Waals surface area contributed by atoms with Gasteiger partial charge in [-0.2, -0.15) is 5.43 Å². The Labute approximate surface area is 221 Å². The van der Waals surface area contributed by atoms with Gasteiger partial charge in [-0.1, -0.05) is 40.6 Å². The number of ketones is 1. The first kappa shape index (κ1) is 24.9. The molecule has 0 aromatic heterocycles. The van der Waals surface area contributed by atoms with Crippen LogP contribution in [-0.2, 0) is 0 Å². The van der Waals surface area contributed by atoms with E-state index in [9.17, 15) is 15.1 Å². The highest BCUT2D eigenvalue weighted by Gasteiger charge is 2.37. The number of hydrazine groups is 2. The first-order valence-corrected chi connectivity index (χ1v) is 12.9. The lowest BCUT2D eigenvalue weighted by atomic mass is 10.0. The van der Waals surface area contributed by atoms with Gasteiger partial charge >= 0.3 is 0 Å². The van der Waals surface area contributed by atoms with Gasteiger partial charge in [-0.15, -0.1) is 0 Å². The van der Waals surface area contributed by atoms with Crippen LogP contribution in [0.4, 0.5) is 11.4 Å². The van der Waals surface area contributed by atoms with Gasteiger partial charge in [0, 0.05) is 48.1 Å². The molecule has 3 aromatic carbocycles. The van der Waals surface area contributed by atoms with E-state index in [1.54, 1.807) is 42.6 Å². The van der Waals surface area contributed by atoms with Gasteiger partial charge in [-0.3, -0.25) is 4.79 Å². The Bertz CT molecular complexity index is 1260. The highest BCUT2D eigenvalue weighted by molar-refractivity contribution is 6.30. The second-order valence-electron chi connectivity index (χ2n) is 9.28. The number of hydrogen-bond acceptors (Lipinski definition) is 7. The van der Waals surface area contributed by atoms with Crippen LogP contribution in [0, 0.1) is 5.21 Å². The van der Waals surface area contributed by atoms with E-state index in [0.29, 0.717) is 17.0 Å². The van der Waals surface area contributed by atoms with Gasteiger partial charge in [-0.25, -0.2) is 0 Å². The summed E-state index contributed by atoms with van der Waals surface area (Å²) in [4.78, 5) is 18.5. The average Bonchev–Trinajstić information content (AvgIpc) is 3.31. The van der Waals surface area contributed by atoms with E-state index in [0.717, 1.165) is 48.0 Å². The van der Waals surface area contributed by atoms with E-state index in [-0.39, 0.29) is 17.6 Å². The quantitative estimate of drug-likeness (QED) is 0.272. The van der Waals surface area contributed by atoms with Gasteiger partial charge in [0.25, 0.3) is 0 Å². The lowest BCUT2D eigenvalue weighted by Gasteiger charge is -2.37. The Balaban J connectivity index is 1.21. The monoisotopic (exact) mass is 519 g/mol. The van der Waals surface area contributed by atoms with E-state index in [1.165, 1.54) is 5.12 Å². The summed E-state index contributed by atoms with van der Waals surface area (Å²) in [5.41, 5.74) is 6.91. The van der Waals surface area contributed by atoms with Crippen LogP contribution >= 0.6 is 11.6 Å². The lowest BCUT2D eigenvalue weighted by molar-refractivity contribution is -0.643. The molecule has 2 aliphatic heterocycles. The number of hydrogen-bond donors (Lipinski definition) is 2. The third-order valence-corrected chi connectivity index (χ3v) is 7.24. The number of hydrazone groups is 1.